The maximum absolute atomic E-state index is 13.1. The van der Waals surface area contributed by atoms with E-state index in [2.05, 4.69) is 215 Å². The molecular weight excluding hydrogens is 1600 g/mol. The molecule has 0 saturated carbocycles. The zero-order chi connectivity index (χ0) is 90.7. The van der Waals surface area contributed by atoms with Gasteiger partial charge in [0.05, 0.1) is 26.4 Å². The molecule has 0 aromatic carbocycles. The Labute approximate surface area is 763 Å². The first kappa shape index (κ1) is 119. The van der Waals surface area contributed by atoms with Gasteiger partial charge in [0.25, 0.3) is 0 Å². The second kappa shape index (κ2) is 97.4. The molecule has 0 bridgehead atoms. The molecule has 4 N–H and O–H groups in total. The van der Waals surface area contributed by atoms with Crippen molar-refractivity contribution in [1.29, 1.82) is 0 Å². The van der Waals surface area contributed by atoms with Crippen molar-refractivity contribution in [3.05, 3.63) is 194 Å². The van der Waals surface area contributed by atoms with Crippen LogP contribution >= 0.6 is 15.6 Å². The molecule has 0 amide bonds. The first-order valence-corrected chi connectivity index (χ1v) is 52.7. The lowest BCUT2D eigenvalue weighted by molar-refractivity contribution is -0.161. The quantitative estimate of drug-likeness (QED) is 0.0146. The number of hydrogen-bond donors (Lipinski definition) is 4. The number of carbonyl (C=O) groups is 3. The van der Waals surface area contributed by atoms with Gasteiger partial charge in [0.15, 0.2) is 6.10 Å². The lowest BCUT2D eigenvalue weighted by Gasteiger charge is -2.21. The fourth-order valence-electron chi connectivity index (χ4n) is 13.3. The molecule has 5 unspecified atom stereocenters. The molecule has 125 heavy (non-hydrogen) atoms. The summed E-state index contributed by atoms with van der Waals surface area (Å²) in [5.74, 6) is -1.57. The highest BCUT2D eigenvalue weighted by Crippen LogP contribution is 2.45. The molecule has 0 aromatic rings. The Balaban J connectivity index is 4.66. The van der Waals surface area contributed by atoms with E-state index < -0.39 is 91.5 Å². The summed E-state index contributed by atoms with van der Waals surface area (Å²) in [6, 6.07) is 0. The SMILES string of the molecule is CC/C=C\C/C=C\C/C=C\C/C=C\C/C=C\C/C=C\CCCCCCCCCCCCCCC(=O)OCC(O)COP(=O)(O)OCC(O)COP(=O)(O)OCC(COC(=O)CCCCCCCCCCCCCC/C=C\C/C=C\C/C=C\C/C=C\C/C=C\C/C=C\CC)OC(=O)CCCCCCCCCCCCC/C=C\C/C=C\C/C=C\C/C=C\CCCCC. The van der Waals surface area contributed by atoms with Crippen LogP contribution in [0.15, 0.2) is 194 Å². The van der Waals surface area contributed by atoms with E-state index in [1.807, 2.05) is 0 Å². The van der Waals surface area contributed by atoms with E-state index in [9.17, 15) is 43.5 Å². The Hall–Kier alpha value is -5.61. The predicted octanol–water partition coefficient (Wildman–Crippen LogP) is 31.3. The predicted molar refractivity (Wildman–Crippen MR) is 528 cm³/mol. The van der Waals surface area contributed by atoms with Crippen molar-refractivity contribution in [2.45, 2.75) is 424 Å². The molecule has 0 aliphatic rings. The molecule has 16 nitrogen and oxygen atoms in total. The lowest BCUT2D eigenvalue weighted by Crippen LogP contribution is -2.30. The molecule has 714 valence electrons. The van der Waals surface area contributed by atoms with Gasteiger partial charge in [0.2, 0.25) is 0 Å². The molecule has 0 radical (unpaired) electrons. The number of esters is 3. The molecule has 0 rings (SSSR count). The zero-order valence-electron chi connectivity index (χ0n) is 79.0. The molecule has 0 heterocycles. The summed E-state index contributed by atoms with van der Waals surface area (Å²) >= 11 is 0. The van der Waals surface area contributed by atoms with Crippen molar-refractivity contribution in [3.8, 4) is 0 Å². The van der Waals surface area contributed by atoms with Crippen LogP contribution in [0.25, 0.3) is 0 Å². The van der Waals surface area contributed by atoms with Gasteiger partial charge in [0, 0.05) is 19.3 Å². The Morgan fingerprint density at radius 1 is 0.232 bits per heavy atom. The number of hydrogen-bond acceptors (Lipinski definition) is 14. The van der Waals surface area contributed by atoms with Gasteiger partial charge in [-0.1, -0.05) is 414 Å². The minimum atomic E-state index is -4.95. The smallest absolute Gasteiger partial charge is 0.463 e. The molecule has 0 aliphatic heterocycles. The van der Waals surface area contributed by atoms with Crippen molar-refractivity contribution < 1.29 is 75.8 Å². The Bertz CT molecular complexity index is 3050. The summed E-state index contributed by atoms with van der Waals surface area (Å²) in [4.78, 5) is 59.2. The average Bonchev–Trinajstić information content (AvgIpc) is 0.901. The van der Waals surface area contributed by atoms with E-state index in [0.29, 0.717) is 19.3 Å². The Morgan fingerprint density at radius 2 is 0.424 bits per heavy atom. The summed E-state index contributed by atoms with van der Waals surface area (Å²) in [5.41, 5.74) is 0. The van der Waals surface area contributed by atoms with Crippen LogP contribution in [-0.4, -0.2) is 95.9 Å². The van der Waals surface area contributed by atoms with Crippen LogP contribution in [0, 0.1) is 0 Å². The summed E-state index contributed by atoms with van der Waals surface area (Å²) in [7, 11) is -9.82. The molecule has 0 saturated heterocycles. The van der Waals surface area contributed by atoms with E-state index in [1.54, 1.807) is 0 Å². The molecule has 0 aliphatic carbocycles. The summed E-state index contributed by atoms with van der Waals surface area (Å²) in [6.45, 7) is 2.47. The van der Waals surface area contributed by atoms with Crippen LogP contribution in [0.3, 0.4) is 0 Å². The number of phosphoric ester groups is 2. The van der Waals surface area contributed by atoms with E-state index in [-0.39, 0.29) is 19.3 Å². The van der Waals surface area contributed by atoms with Crippen LogP contribution in [0.5, 0.6) is 0 Å². The van der Waals surface area contributed by atoms with Gasteiger partial charge in [-0.15, -0.1) is 0 Å². The van der Waals surface area contributed by atoms with Gasteiger partial charge in [0.1, 0.15) is 25.4 Å². The Kier molecular flexibility index (Phi) is 93.1. The highest BCUT2D eigenvalue weighted by molar-refractivity contribution is 7.47. The minimum absolute atomic E-state index is 0.0956. The number of rotatable bonds is 93. The number of carbonyl (C=O) groups excluding carboxylic acids is 3. The van der Waals surface area contributed by atoms with Crippen LogP contribution in [0.2, 0.25) is 0 Å². The lowest BCUT2D eigenvalue weighted by atomic mass is 10.0. The number of unbranched alkanes of at least 4 members (excludes halogenated alkanes) is 38. The van der Waals surface area contributed by atoms with Crippen molar-refractivity contribution in [2.75, 3.05) is 39.6 Å². The van der Waals surface area contributed by atoms with Crippen molar-refractivity contribution in [3.63, 3.8) is 0 Å². The highest BCUT2D eigenvalue weighted by Gasteiger charge is 2.30. The monoisotopic (exact) mass is 1780 g/mol. The van der Waals surface area contributed by atoms with Gasteiger partial charge in [-0.3, -0.25) is 32.5 Å². The fourth-order valence-corrected chi connectivity index (χ4v) is 14.9. The molecule has 5 atom stereocenters. The maximum Gasteiger partial charge on any atom is 0.472 e. The number of allylic oxidation sites excluding steroid dienone is 32. The number of ether oxygens (including phenoxy) is 3. The summed E-state index contributed by atoms with van der Waals surface area (Å²) < 4.78 is 61.7. The summed E-state index contributed by atoms with van der Waals surface area (Å²) in [5, 5.41) is 20.8. The summed E-state index contributed by atoms with van der Waals surface area (Å²) in [6.07, 6.45) is 130. The van der Waals surface area contributed by atoms with Crippen molar-refractivity contribution >= 4 is 33.6 Å². The van der Waals surface area contributed by atoms with Gasteiger partial charge >= 0.3 is 33.6 Å². The number of aliphatic hydroxyl groups excluding tert-OH is 2. The van der Waals surface area contributed by atoms with Crippen LogP contribution < -0.4 is 0 Å². The first-order valence-electron chi connectivity index (χ1n) is 49.7. The van der Waals surface area contributed by atoms with E-state index in [4.69, 9.17) is 32.3 Å². The normalized spacial score (nSPS) is 14.5. The van der Waals surface area contributed by atoms with Crippen molar-refractivity contribution in [2.24, 2.45) is 0 Å². The maximum atomic E-state index is 13.1. The molecular formula is C107H180O16P2. The minimum Gasteiger partial charge on any atom is -0.463 e. The van der Waals surface area contributed by atoms with Gasteiger partial charge in [-0.25, -0.2) is 9.13 Å². The largest absolute Gasteiger partial charge is 0.472 e. The first-order chi connectivity index (χ1) is 61.2. The second-order valence-corrected chi connectivity index (χ2v) is 35.7. The van der Waals surface area contributed by atoms with E-state index in [1.165, 1.54) is 161 Å². The average molecular weight is 1780 g/mol. The third-order valence-electron chi connectivity index (χ3n) is 20.8. The fraction of sp³-hybridized carbons (Fsp3) is 0.673. The van der Waals surface area contributed by atoms with E-state index in [0.717, 1.165) is 186 Å². The van der Waals surface area contributed by atoms with Crippen molar-refractivity contribution in [1.82, 2.24) is 0 Å². The topological polar surface area (TPSA) is 231 Å². The van der Waals surface area contributed by atoms with Crippen LogP contribution in [0.4, 0.5) is 0 Å². The van der Waals surface area contributed by atoms with Gasteiger partial charge in [-0.05, 0) is 167 Å². The van der Waals surface area contributed by atoms with E-state index >= 15 is 0 Å². The zero-order valence-corrected chi connectivity index (χ0v) is 80.7. The van der Waals surface area contributed by atoms with Gasteiger partial charge < -0.3 is 34.2 Å². The molecule has 0 aromatic heterocycles. The number of phosphoric acid groups is 2. The molecule has 18 heteroatoms. The molecule has 0 fully saturated rings. The second-order valence-electron chi connectivity index (χ2n) is 32.8. The standard InChI is InChI=1S/C107H180O16P2/c1-4-7-10-13-16-19-22-25-28-31-34-37-40-43-46-48-50-52-55-57-60-63-66-69-72-75-78-81-84-87-90-93-105(110)117-96-102(108)97-119-124(113,114)120-98-103(109)99-121-125(115,116)122-101-104(123-107(112)95-92-89-86-83-80-77-74-71-68-65-62-59-54-45-42-39-36-33-30-27-24-21-18-15-12-9-6-3)100-118-106(111)94-91-88-85-82-79-76-73-70-67-64-61-58-56-53-51-49-47-44-41-38-35-32-29-26-23-20-17-14-11-8-5-2/h7-8,10-11,16-21,25-30,34-39,43-47,50-54,102-104,108-109H,4-6,9,12-15,22-24,31-33,40-42,48-49,55-101H2,1-3H3,(H,113,114)(H,115,116)/b10-7-,11-8-,19-16-,20-17-,21-18-,28-25-,29-26-,30-27-,37-34-,38-35-,39-36-,46-43-,47-44-,52-50-,53-51-,54-45-. The Morgan fingerprint density at radius 3 is 0.672 bits per heavy atom. The number of aliphatic hydroxyl groups is 2. The van der Waals surface area contributed by atoms with Crippen LogP contribution in [0.1, 0.15) is 406 Å². The highest BCUT2D eigenvalue weighted by atomic mass is 31.2. The third-order valence-corrected chi connectivity index (χ3v) is 22.7. The molecule has 0 spiro atoms. The van der Waals surface area contributed by atoms with Crippen LogP contribution in [-0.2, 0) is 55.8 Å². The van der Waals surface area contributed by atoms with Gasteiger partial charge in [-0.2, -0.15) is 0 Å². The third kappa shape index (κ3) is 98.8.